The Balaban J connectivity index is 1.56. The maximum Gasteiger partial charge on any atom is 0.271 e. The molecule has 1 aliphatic carbocycles. The minimum absolute atomic E-state index is 0.112. The van der Waals surface area contributed by atoms with Gasteiger partial charge < -0.3 is 15.4 Å². The van der Waals surface area contributed by atoms with Crippen molar-refractivity contribution in [3.05, 3.63) is 54.1 Å². The topological polar surface area (TPSA) is 87.7 Å². The zero-order chi connectivity index (χ0) is 22.7. The summed E-state index contributed by atoms with van der Waals surface area (Å²) in [4.78, 5) is 40.1. The van der Waals surface area contributed by atoms with Crippen molar-refractivity contribution in [3.8, 4) is 5.75 Å². The molecule has 0 unspecified atom stereocenters. The van der Waals surface area contributed by atoms with E-state index in [9.17, 15) is 14.4 Å². The number of carbonyl (C=O) groups excluding carboxylic acids is 3. The van der Waals surface area contributed by atoms with Crippen LogP contribution in [0.2, 0.25) is 0 Å². The lowest BCUT2D eigenvalue weighted by Crippen LogP contribution is -2.55. The monoisotopic (exact) mass is 435 g/mol. The Hall–Kier alpha value is -3.35. The molecule has 2 aromatic rings. The number of benzene rings is 2. The third-order valence-electron chi connectivity index (χ3n) is 5.94. The van der Waals surface area contributed by atoms with Gasteiger partial charge in [-0.15, -0.1) is 0 Å². The second-order valence-electron chi connectivity index (χ2n) is 8.91. The Morgan fingerprint density at radius 1 is 1.06 bits per heavy atom. The van der Waals surface area contributed by atoms with Crippen LogP contribution in [0.1, 0.15) is 56.3 Å². The van der Waals surface area contributed by atoms with Crippen molar-refractivity contribution < 1.29 is 19.1 Å². The quantitative estimate of drug-likeness (QED) is 0.746. The van der Waals surface area contributed by atoms with Crippen LogP contribution in [-0.2, 0) is 9.59 Å². The van der Waals surface area contributed by atoms with Crippen molar-refractivity contribution in [3.63, 3.8) is 0 Å². The van der Waals surface area contributed by atoms with Gasteiger partial charge in [-0.1, -0.05) is 37.5 Å². The molecule has 0 saturated heterocycles. The zero-order valence-electron chi connectivity index (χ0n) is 18.5. The van der Waals surface area contributed by atoms with Gasteiger partial charge in [-0.05, 0) is 57.0 Å². The number of hydrogen-bond acceptors (Lipinski definition) is 4. The van der Waals surface area contributed by atoms with Crippen molar-refractivity contribution in [2.75, 3.05) is 16.8 Å². The van der Waals surface area contributed by atoms with Crippen LogP contribution >= 0.6 is 0 Å². The molecule has 2 aliphatic rings. The smallest absolute Gasteiger partial charge is 0.271 e. The number of rotatable bonds is 5. The Morgan fingerprint density at radius 3 is 2.50 bits per heavy atom. The van der Waals surface area contributed by atoms with Gasteiger partial charge >= 0.3 is 0 Å². The lowest BCUT2D eigenvalue weighted by atomic mass is 9.95. The van der Waals surface area contributed by atoms with Crippen LogP contribution in [0, 0.1) is 0 Å². The average molecular weight is 436 g/mol. The molecular weight excluding hydrogens is 406 g/mol. The normalized spacial score (nSPS) is 17.8. The summed E-state index contributed by atoms with van der Waals surface area (Å²) in [5, 5.41) is 5.90. The molecule has 1 fully saturated rings. The first-order valence-electron chi connectivity index (χ1n) is 11.1. The number of fused-ring (bicyclic) bond motifs is 1. The molecule has 1 heterocycles. The Kier molecular flexibility index (Phi) is 6.17. The highest BCUT2D eigenvalue weighted by molar-refractivity contribution is 6.09. The molecule has 7 nitrogen and oxygen atoms in total. The molecule has 1 aliphatic heterocycles. The third-order valence-corrected chi connectivity index (χ3v) is 5.94. The molecule has 2 N–H and O–H groups in total. The Morgan fingerprint density at radius 2 is 1.78 bits per heavy atom. The number of amides is 3. The third kappa shape index (κ3) is 4.77. The lowest BCUT2D eigenvalue weighted by molar-refractivity contribution is -0.134. The van der Waals surface area contributed by atoms with Crippen LogP contribution in [-0.4, -0.2) is 35.9 Å². The molecule has 32 heavy (non-hydrogen) atoms. The summed E-state index contributed by atoms with van der Waals surface area (Å²) in [5.74, 6) is -0.350. The van der Waals surface area contributed by atoms with Crippen molar-refractivity contribution in [2.24, 2.45) is 0 Å². The minimum atomic E-state index is -1.11. The molecule has 0 aromatic heterocycles. The van der Waals surface area contributed by atoms with E-state index in [0.29, 0.717) is 22.7 Å². The Labute approximate surface area is 188 Å². The van der Waals surface area contributed by atoms with Crippen LogP contribution < -0.4 is 20.3 Å². The summed E-state index contributed by atoms with van der Waals surface area (Å²) in [5.41, 5.74) is 0.369. The number of carbonyl (C=O) groups is 3. The van der Waals surface area contributed by atoms with Crippen molar-refractivity contribution in [2.45, 2.75) is 57.6 Å². The molecular formula is C25H29N3O4. The number of nitrogens with one attached hydrogen (secondary N) is 2. The molecule has 7 heteroatoms. The molecule has 0 atom stereocenters. The fourth-order valence-electron chi connectivity index (χ4n) is 4.25. The maximum absolute atomic E-state index is 13.1. The van der Waals surface area contributed by atoms with Crippen LogP contribution in [0.25, 0.3) is 0 Å². The highest BCUT2D eigenvalue weighted by atomic mass is 16.5. The second kappa shape index (κ2) is 9.02. The van der Waals surface area contributed by atoms with E-state index < -0.39 is 5.60 Å². The summed E-state index contributed by atoms with van der Waals surface area (Å²) >= 11 is 0. The molecule has 3 amide bonds. The van der Waals surface area contributed by atoms with Gasteiger partial charge in [0.2, 0.25) is 5.91 Å². The summed E-state index contributed by atoms with van der Waals surface area (Å²) in [7, 11) is 0. The van der Waals surface area contributed by atoms with Crippen LogP contribution in [0.3, 0.4) is 0 Å². The zero-order valence-corrected chi connectivity index (χ0v) is 18.5. The molecule has 0 spiro atoms. The fourth-order valence-corrected chi connectivity index (χ4v) is 4.25. The SMILES string of the molecule is CC1(C)Oc2ccc(C(=O)Nc3ccccc3)cc2N(CC(=O)NC2CCCCC2)C1=O. The number of anilines is 2. The highest BCUT2D eigenvalue weighted by Gasteiger charge is 2.42. The van der Waals surface area contributed by atoms with Gasteiger partial charge in [0, 0.05) is 17.3 Å². The molecule has 2 aromatic carbocycles. The van der Waals surface area contributed by atoms with Crippen molar-refractivity contribution in [1.82, 2.24) is 5.32 Å². The van der Waals surface area contributed by atoms with Crippen LogP contribution in [0.15, 0.2) is 48.5 Å². The molecule has 0 radical (unpaired) electrons. The van der Waals surface area contributed by atoms with Gasteiger partial charge in [0.15, 0.2) is 5.60 Å². The second-order valence-corrected chi connectivity index (χ2v) is 8.91. The number of nitrogens with zero attached hydrogens (tertiary/aromatic N) is 1. The predicted octanol–water partition coefficient (Wildman–Crippen LogP) is 3.89. The van der Waals surface area contributed by atoms with Gasteiger partial charge in [0.05, 0.1) is 5.69 Å². The maximum atomic E-state index is 13.1. The van der Waals surface area contributed by atoms with Crippen LogP contribution in [0.4, 0.5) is 11.4 Å². The summed E-state index contributed by atoms with van der Waals surface area (Å²) in [6.07, 6.45) is 5.35. The summed E-state index contributed by atoms with van der Waals surface area (Å²) in [6, 6.07) is 14.2. The summed E-state index contributed by atoms with van der Waals surface area (Å²) in [6.45, 7) is 3.25. The van der Waals surface area contributed by atoms with Gasteiger partial charge in [-0.25, -0.2) is 0 Å². The number of ether oxygens (including phenoxy) is 1. The van der Waals surface area contributed by atoms with Gasteiger partial charge in [-0.2, -0.15) is 0 Å². The lowest BCUT2D eigenvalue weighted by Gasteiger charge is -2.38. The van der Waals surface area contributed by atoms with E-state index in [4.69, 9.17) is 4.74 Å². The first-order chi connectivity index (χ1) is 15.3. The number of para-hydroxylation sites is 1. The number of hydrogen-bond donors (Lipinski definition) is 2. The average Bonchev–Trinajstić information content (AvgIpc) is 2.78. The summed E-state index contributed by atoms with van der Waals surface area (Å²) < 4.78 is 5.89. The van der Waals surface area contributed by atoms with Crippen molar-refractivity contribution in [1.29, 1.82) is 0 Å². The first-order valence-corrected chi connectivity index (χ1v) is 11.1. The van der Waals surface area contributed by atoms with E-state index in [1.54, 1.807) is 44.2 Å². The molecule has 168 valence electrons. The van der Waals surface area contributed by atoms with E-state index in [2.05, 4.69) is 10.6 Å². The van der Waals surface area contributed by atoms with E-state index in [-0.39, 0.29) is 30.3 Å². The molecule has 1 saturated carbocycles. The van der Waals surface area contributed by atoms with E-state index in [0.717, 1.165) is 25.7 Å². The van der Waals surface area contributed by atoms with Gasteiger partial charge in [0.25, 0.3) is 11.8 Å². The van der Waals surface area contributed by atoms with Crippen molar-refractivity contribution >= 4 is 29.1 Å². The fraction of sp³-hybridized carbons (Fsp3) is 0.400. The minimum Gasteiger partial charge on any atom is -0.476 e. The predicted molar refractivity (Wildman–Crippen MR) is 123 cm³/mol. The van der Waals surface area contributed by atoms with Gasteiger partial charge in [-0.3, -0.25) is 19.3 Å². The van der Waals surface area contributed by atoms with E-state index in [1.165, 1.54) is 11.3 Å². The van der Waals surface area contributed by atoms with Gasteiger partial charge in [0.1, 0.15) is 12.3 Å². The molecule has 0 bridgehead atoms. The van der Waals surface area contributed by atoms with E-state index >= 15 is 0 Å². The Bertz CT molecular complexity index is 1010. The largest absolute Gasteiger partial charge is 0.476 e. The first kappa shape index (κ1) is 21.9. The molecule has 4 rings (SSSR count). The van der Waals surface area contributed by atoms with E-state index in [1.807, 2.05) is 18.2 Å². The van der Waals surface area contributed by atoms with Crippen LogP contribution in [0.5, 0.6) is 5.75 Å². The highest BCUT2D eigenvalue weighted by Crippen LogP contribution is 2.38. The standard InChI is InChI=1S/C25H29N3O4/c1-25(2)24(31)28(16-22(29)26-18-9-5-3-6-10-18)20-15-17(13-14-21(20)32-25)23(30)27-19-11-7-4-8-12-19/h4,7-8,11-15,18H,3,5-6,9-10,16H2,1-2H3,(H,26,29)(H,27,30).